The van der Waals surface area contributed by atoms with Crippen molar-refractivity contribution in [3.63, 3.8) is 0 Å². The fraction of sp³-hybridized carbons (Fsp3) is 0.250. The molecule has 150 valence electrons. The summed E-state index contributed by atoms with van der Waals surface area (Å²) in [6.07, 6.45) is -0.915. The summed E-state index contributed by atoms with van der Waals surface area (Å²) in [5.74, 6) is -0.352. The maximum absolute atomic E-state index is 12.7. The molecule has 0 aliphatic heterocycles. The first-order chi connectivity index (χ1) is 14.0. The van der Waals surface area contributed by atoms with E-state index in [4.69, 9.17) is 9.47 Å². The van der Waals surface area contributed by atoms with Crippen molar-refractivity contribution in [2.45, 2.75) is 25.9 Å². The van der Waals surface area contributed by atoms with E-state index in [9.17, 15) is 9.59 Å². The summed E-state index contributed by atoms with van der Waals surface area (Å²) in [5.41, 5.74) is 1.43. The summed E-state index contributed by atoms with van der Waals surface area (Å²) in [6.45, 7) is 4.06. The second kappa shape index (κ2) is 9.24. The van der Waals surface area contributed by atoms with E-state index < -0.39 is 12.1 Å². The number of benzene rings is 3. The molecule has 0 fully saturated rings. The smallest absolute Gasteiger partial charge is 0.342 e. The Morgan fingerprint density at radius 2 is 1.55 bits per heavy atom. The van der Waals surface area contributed by atoms with Gasteiger partial charge in [-0.15, -0.1) is 0 Å². The van der Waals surface area contributed by atoms with Crippen molar-refractivity contribution in [1.29, 1.82) is 0 Å². The predicted octanol–water partition coefficient (Wildman–Crippen LogP) is 4.31. The van der Waals surface area contributed by atoms with Crippen molar-refractivity contribution < 1.29 is 19.1 Å². The van der Waals surface area contributed by atoms with Crippen LogP contribution in [0.3, 0.4) is 0 Å². The normalized spacial score (nSPS) is 12.8. The number of rotatable bonds is 7. The Balaban J connectivity index is 1.64. The van der Waals surface area contributed by atoms with Crippen LogP contribution in [0.2, 0.25) is 0 Å². The average molecular weight is 391 g/mol. The fourth-order valence-electron chi connectivity index (χ4n) is 3.12. The highest BCUT2D eigenvalue weighted by atomic mass is 16.5. The van der Waals surface area contributed by atoms with Crippen molar-refractivity contribution >= 4 is 22.6 Å². The van der Waals surface area contributed by atoms with E-state index in [1.807, 2.05) is 61.5 Å². The van der Waals surface area contributed by atoms with E-state index in [1.54, 1.807) is 19.1 Å². The summed E-state index contributed by atoms with van der Waals surface area (Å²) < 4.78 is 10.7. The lowest BCUT2D eigenvalue weighted by atomic mass is 10.0. The van der Waals surface area contributed by atoms with E-state index >= 15 is 0 Å². The van der Waals surface area contributed by atoms with Crippen molar-refractivity contribution in [2.24, 2.45) is 0 Å². The van der Waals surface area contributed by atoms with Crippen LogP contribution in [0, 0.1) is 0 Å². The molecule has 5 nitrogen and oxygen atoms in total. The van der Waals surface area contributed by atoms with Gasteiger partial charge in [-0.1, -0.05) is 61.5 Å². The molecule has 29 heavy (non-hydrogen) atoms. The molecule has 0 aliphatic rings. The van der Waals surface area contributed by atoms with Gasteiger partial charge in [0, 0.05) is 6.54 Å². The van der Waals surface area contributed by atoms with Crippen LogP contribution in [0.5, 0.6) is 5.75 Å². The first-order valence-corrected chi connectivity index (χ1v) is 9.60. The summed E-state index contributed by atoms with van der Waals surface area (Å²) in [6, 6.07) is 21.1. The zero-order valence-corrected chi connectivity index (χ0v) is 16.8. The number of nitrogens with one attached hydrogen (secondary N) is 1. The van der Waals surface area contributed by atoms with Gasteiger partial charge in [0.15, 0.2) is 6.10 Å². The van der Waals surface area contributed by atoms with Gasteiger partial charge in [-0.05, 0) is 41.3 Å². The third-order valence-corrected chi connectivity index (χ3v) is 4.89. The number of carbonyl (C=O) groups excluding carboxylic acids is 2. The van der Waals surface area contributed by atoms with Crippen LogP contribution < -0.4 is 10.1 Å². The van der Waals surface area contributed by atoms with Crippen LogP contribution in [-0.4, -0.2) is 31.6 Å². The van der Waals surface area contributed by atoms with Gasteiger partial charge in [-0.25, -0.2) is 4.79 Å². The second-order valence-corrected chi connectivity index (χ2v) is 7.00. The number of methoxy groups -OCH3 is 1. The van der Waals surface area contributed by atoms with Crippen molar-refractivity contribution in [1.82, 2.24) is 5.32 Å². The monoisotopic (exact) mass is 391 g/mol. The van der Waals surface area contributed by atoms with Gasteiger partial charge >= 0.3 is 5.97 Å². The highest BCUT2D eigenvalue weighted by molar-refractivity contribution is 5.99. The van der Waals surface area contributed by atoms with Gasteiger partial charge in [-0.2, -0.15) is 0 Å². The Labute approximate surface area is 170 Å². The number of carbonyl (C=O) groups is 2. The zero-order valence-electron chi connectivity index (χ0n) is 16.8. The zero-order chi connectivity index (χ0) is 20.8. The quantitative estimate of drug-likeness (QED) is 0.610. The lowest BCUT2D eigenvalue weighted by Crippen LogP contribution is -2.37. The molecular weight excluding hydrogens is 366 g/mol. The molecule has 0 heterocycles. The minimum atomic E-state index is -0.915. The van der Waals surface area contributed by atoms with Gasteiger partial charge in [0.05, 0.1) is 7.11 Å². The number of amides is 1. The number of hydrogen-bond acceptors (Lipinski definition) is 4. The highest BCUT2D eigenvalue weighted by Gasteiger charge is 2.22. The molecule has 0 bridgehead atoms. The molecule has 1 N–H and O–H groups in total. The lowest BCUT2D eigenvalue weighted by Gasteiger charge is -2.17. The molecule has 3 aromatic rings. The van der Waals surface area contributed by atoms with Crippen LogP contribution in [0.1, 0.15) is 35.7 Å². The number of esters is 1. The molecule has 3 aromatic carbocycles. The van der Waals surface area contributed by atoms with Gasteiger partial charge < -0.3 is 14.8 Å². The average Bonchev–Trinajstić information content (AvgIpc) is 2.76. The van der Waals surface area contributed by atoms with E-state index in [0.717, 1.165) is 16.3 Å². The van der Waals surface area contributed by atoms with Crippen LogP contribution in [0.25, 0.3) is 10.8 Å². The fourth-order valence-corrected chi connectivity index (χ4v) is 3.12. The number of hydrogen-bond donors (Lipinski definition) is 1. The van der Waals surface area contributed by atoms with E-state index in [2.05, 4.69) is 5.32 Å². The topological polar surface area (TPSA) is 64.6 Å². The number of fused-ring (bicyclic) bond motifs is 1. The first-order valence-electron chi connectivity index (χ1n) is 9.60. The van der Waals surface area contributed by atoms with Gasteiger partial charge in [-0.3, -0.25) is 4.79 Å². The largest absolute Gasteiger partial charge is 0.496 e. The summed E-state index contributed by atoms with van der Waals surface area (Å²) in [5, 5.41) is 4.71. The summed E-state index contributed by atoms with van der Waals surface area (Å²) >= 11 is 0. The summed E-state index contributed by atoms with van der Waals surface area (Å²) in [7, 11) is 1.50. The minimum absolute atomic E-state index is 0.156. The van der Waals surface area contributed by atoms with Crippen LogP contribution in [-0.2, 0) is 9.53 Å². The lowest BCUT2D eigenvalue weighted by molar-refractivity contribution is -0.129. The molecule has 5 heteroatoms. The van der Waals surface area contributed by atoms with Crippen LogP contribution >= 0.6 is 0 Å². The molecule has 3 rings (SSSR count). The minimum Gasteiger partial charge on any atom is -0.496 e. The predicted molar refractivity (Wildman–Crippen MR) is 113 cm³/mol. The van der Waals surface area contributed by atoms with Crippen LogP contribution in [0.4, 0.5) is 0 Å². The van der Waals surface area contributed by atoms with Crippen molar-refractivity contribution in [3.05, 3.63) is 77.9 Å². The Morgan fingerprint density at radius 1 is 0.931 bits per heavy atom. The molecule has 0 spiro atoms. The Kier molecular flexibility index (Phi) is 6.50. The third kappa shape index (κ3) is 4.93. The van der Waals surface area contributed by atoms with Gasteiger partial charge in [0.25, 0.3) is 5.91 Å². The molecule has 1 amide bonds. The Morgan fingerprint density at radius 3 is 2.21 bits per heavy atom. The molecule has 0 aliphatic carbocycles. The molecule has 0 saturated carbocycles. The van der Waals surface area contributed by atoms with Gasteiger partial charge in [0.2, 0.25) is 0 Å². The van der Waals surface area contributed by atoms with Crippen LogP contribution in [0.15, 0.2) is 66.7 Å². The molecular formula is C24H25NO4. The maximum atomic E-state index is 12.7. The first kappa shape index (κ1) is 20.4. The maximum Gasteiger partial charge on any atom is 0.342 e. The molecule has 0 aromatic heterocycles. The molecule has 0 unspecified atom stereocenters. The van der Waals surface area contributed by atoms with E-state index in [-0.39, 0.29) is 11.8 Å². The van der Waals surface area contributed by atoms with E-state index in [1.165, 1.54) is 7.11 Å². The number of ether oxygens (including phenoxy) is 2. The van der Waals surface area contributed by atoms with E-state index in [0.29, 0.717) is 17.9 Å². The Hall–Kier alpha value is -3.34. The molecule has 2 atom stereocenters. The van der Waals surface area contributed by atoms with Crippen molar-refractivity contribution in [3.8, 4) is 5.75 Å². The van der Waals surface area contributed by atoms with Gasteiger partial charge in [0.1, 0.15) is 11.3 Å². The highest BCUT2D eigenvalue weighted by Crippen LogP contribution is 2.27. The SMILES string of the molecule is COc1cc2ccccc2cc1C(=O)O[C@H](C)C(=O)NC[C@H](C)c1ccccc1. The summed E-state index contributed by atoms with van der Waals surface area (Å²) in [4.78, 5) is 25.1. The Bertz CT molecular complexity index is 1000. The third-order valence-electron chi connectivity index (χ3n) is 4.89. The molecule has 0 saturated heterocycles. The molecule has 0 radical (unpaired) electrons. The standard InChI is InChI=1S/C24H25NO4/c1-16(18-9-5-4-6-10-18)15-25-23(26)17(2)29-24(27)21-13-19-11-7-8-12-20(19)14-22(21)28-3/h4-14,16-17H,15H2,1-3H3,(H,25,26)/t16-,17+/m0/s1. The van der Waals surface area contributed by atoms with Crippen molar-refractivity contribution in [2.75, 3.05) is 13.7 Å². The second-order valence-electron chi connectivity index (χ2n) is 7.00.